The second-order valence-electron chi connectivity index (χ2n) is 5.39. The van der Waals surface area contributed by atoms with E-state index in [-0.39, 0.29) is 18.0 Å². The van der Waals surface area contributed by atoms with E-state index in [1.54, 1.807) is 12.1 Å². The van der Waals surface area contributed by atoms with Gasteiger partial charge in [0, 0.05) is 18.2 Å². The molecule has 9 heteroatoms. The zero-order valence-electron chi connectivity index (χ0n) is 13.1. The number of hydrogen-bond acceptors (Lipinski definition) is 5. The number of hydrogen-bond donors (Lipinski definition) is 1. The summed E-state index contributed by atoms with van der Waals surface area (Å²) in [5, 5.41) is 12.9. The quantitative estimate of drug-likeness (QED) is 0.823. The number of halogens is 2. The van der Waals surface area contributed by atoms with Gasteiger partial charge < -0.3 is 19.3 Å². The molecular weight excluding hydrogens is 338 g/mol. The monoisotopic (exact) mass is 354 g/mol. The summed E-state index contributed by atoms with van der Waals surface area (Å²) >= 11 is 0. The molecule has 0 bridgehead atoms. The van der Waals surface area contributed by atoms with Crippen LogP contribution >= 0.6 is 0 Å². The predicted molar refractivity (Wildman–Crippen MR) is 81.5 cm³/mol. The van der Waals surface area contributed by atoms with Crippen LogP contribution in [0.3, 0.4) is 0 Å². The Balaban J connectivity index is 1.86. The van der Waals surface area contributed by atoms with Gasteiger partial charge in [0.15, 0.2) is 17.8 Å². The molecule has 1 aromatic heterocycles. The number of carboxylic acid groups (broad SMARTS) is 1. The number of carboxylic acids is 1. The highest BCUT2D eigenvalue weighted by Crippen LogP contribution is 2.35. The van der Waals surface area contributed by atoms with Crippen molar-refractivity contribution in [3.8, 4) is 22.8 Å². The molecule has 2 heterocycles. The maximum absolute atomic E-state index is 12.6. The molecule has 1 atom stereocenters. The normalized spacial score (nSPS) is 17.0. The van der Waals surface area contributed by atoms with E-state index in [9.17, 15) is 13.6 Å². The molecule has 0 amide bonds. The lowest BCUT2D eigenvalue weighted by Crippen LogP contribution is -2.15. The lowest BCUT2D eigenvalue weighted by molar-refractivity contribution is -0.137. The minimum atomic E-state index is -2.98. The third kappa shape index (κ3) is 4.44. The van der Waals surface area contributed by atoms with Crippen molar-refractivity contribution < 1.29 is 32.9 Å². The van der Waals surface area contributed by atoms with E-state index in [0.29, 0.717) is 24.3 Å². The van der Waals surface area contributed by atoms with E-state index in [2.05, 4.69) is 9.84 Å². The Morgan fingerprint density at radius 2 is 2.24 bits per heavy atom. The molecule has 7 nitrogen and oxygen atoms in total. The van der Waals surface area contributed by atoms with Gasteiger partial charge in [0.2, 0.25) is 0 Å². The summed E-state index contributed by atoms with van der Waals surface area (Å²) in [5.41, 5.74) is 1.07. The lowest BCUT2D eigenvalue weighted by Gasteiger charge is -2.17. The van der Waals surface area contributed by atoms with Crippen LogP contribution in [-0.4, -0.2) is 40.4 Å². The smallest absolute Gasteiger partial charge is 0.387 e. The molecule has 1 aliphatic rings. The Morgan fingerprint density at radius 3 is 2.92 bits per heavy atom. The van der Waals surface area contributed by atoms with Gasteiger partial charge in [0.05, 0.1) is 12.3 Å². The van der Waals surface area contributed by atoms with E-state index < -0.39 is 18.9 Å². The highest BCUT2D eigenvalue weighted by molar-refractivity contribution is 5.67. The standard InChI is InChI=1S/C16H16F2N2O5/c17-16(18)25-12-4-3-10(8-13(12)24-15-2-1-7-23-15)11-5-6-20(19-11)9-14(21)22/h3-6,8,15-16H,1-2,7,9H2,(H,21,22)/t15-/m0/s1. The first-order valence-electron chi connectivity index (χ1n) is 7.64. The van der Waals surface area contributed by atoms with Crippen molar-refractivity contribution in [1.29, 1.82) is 0 Å². The average molecular weight is 354 g/mol. The molecule has 0 spiro atoms. The number of rotatable bonds is 7. The summed E-state index contributed by atoms with van der Waals surface area (Å²) < 4.78 is 41.9. The third-order valence-corrected chi connectivity index (χ3v) is 3.54. The van der Waals surface area contributed by atoms with Crippen molar-refractivity contribution in [2.24, 2.45) is 0 Å². The Labute approximate surface area is 141 Å². The van der Waals surface area contributed by atoms with Crippen LogP contribution in [0.4, 0.5) is 8.78 Å². The molecule has 0 radical (unpaired) electrons. The fourth-order valence-corrected chi connectivity index (χ4v) is 2.48. The first-order valence-corrected chi connectivity index (χ1v) is 7.64. The van der Waals surface area contributed by atoms with Gasteiger partial charge in [0.25, 0.3) is 0 Å². The molecule has 0 aliphatic carbocycles. The molecule has 0 unspecified atom stereocenters. The molecule has 1 saturated heterocycles. The van der Waals surface area contributed by atoms with Gasteiger partial charge in [-0.3, -0.25) is 9.48 Å². The Hall–Kier alpha value is -2.68. The Bertz CT molecular complexity index is 744. The topological polar surface area (TPSA) is 82.8 Å². The molecule has 1 fully saturated rings. The lowest BCUT2D eigenvalue weighted by atomic mass is 10.1. The second kappa shape index (κ2) is 7.47. The second-order valence-corrected chi connectivity index (χ2v) is 5.39. The molecule has 134 valence electrons. The predicted octanol–water partition coefficient (Wildman–Crippen LogP) is 2.75. The fraction of sp³-hybridized carbons (Fsp3) is 0.375. The number of ether oxygens (including phenoxy) is 3. The van der Waals surface area contributed by atoms with Crippen molar-refractivity contribution in [3.63, 3.8) is 0 Å². The first kappa shape index (κ1) is 17.2. The van der Waals surface area contributed by atoms with Crippen LogP contribution in [-0.2, 0) is 16.1 Å². The van der Waals surface area contributed by atoms with Crippen LogP contribution in [0.25, 0.3) is 11.3 Å². The third-order valence-electron chi connectivity index (χ3n) is 3.54. The van der Waals surface area contributed by atoms with E-state index >= 15 is 0 Å². The van der Waals surface area contributed by atoms with Gasteiger partial charge >= 0.3 is 12.6 Å². The minimum absolute atomic E-state index is 0.0979. The molecule has 1 aromatic carbocycles. The molecule has 2 aromatic rings. The summed E-state index contributed by atoms with van der Waals surface area (Å²) in [5.74, 6) is -0.991. The van der Waals surface area contributed by atoms with Gasteiger partial charge in [0.1, 0.15) is 6.54 Å². The Kier molecular flexibility index (Phi) is 5.13. The number of alkyl halides is 2. The van der Waals surface area contributed by atoms with Crippen molar-refractivity contribution in [2.45, 2.75) is 32.3 Å². The van der Waals surface area contributed by atoms with Crippen LogP contribution < -0.4 is 9.47 Å². The zero-order chi connectivity index (χ0) is 17.8. The number of aromatic nitrogens is 2. The highest BCUT2D eigenvalue weighted by atomic mass is 19.3. The average Bonchev–Trinajstić information content (AvgIpc) is 3.20. The maximum Gasteiger partial charge on any atom is 0.387 e. The van der Waals surface area contributed by atoms with Crippen molar-refractivity contribution in [3.05, 3.63) is 30.5 Å². The molecule has 1 aliphatic heterocycles. The summed E-state index contributed by atoms with van der Waals surface area (Å²) in [4.78, 5) is 10.7. The summed E-state index contributed by atoms with van der Waals surface area (Å²) in [6, 6.07) is 6.06. The van der Waals surface area contributed by atoms with Crippen LogP contribution in [0.15, 0.2) is 30.5 Å². The van der Waals surface area contributed by atoms with Gasteiger partial charge in [-0.2, -0.15) is 13.9 Å². The highest BCUT2D eigenvalue weighted by Gasteiger charge is 2.21. The van der Waals surface area contributed by atoms with Crippen LogP contribution in [0.1, 0.15) is 12.8 Å². The van der Waals surface area contributed by atoms with E-state index in [0.717, 1.165) is 6.42 Å². The van der Waals surface area contributed by atoms with Crippen molar-refractivity contribution in [1.82, 2.24) is 9.78 Å². The van der Waals surface area contributed by atoms with Crippen LogP contribution in [0.5, 0.6) is 11.5 Å². The summed E-state index contributed by atoms with van der Waals surface area (Å²) in [6.45, 7) is -2.70. The summed E-state index contributed by atoms with van der Waals surface area (Å²) in [7, 11) is 0. The number of aliphatic carboxylic acids is 1. The summed E-state index contributed by atoms with van der Waals surface area (Å²) in [6.07, 6.45) is 2.49. The van der Waals surface area contributed by atoms with Gasteiger partial charge in [-0.25, -0.2) is 0 Å². The van der Waals surface area contributed by atoms with E-state index in [1.165, 1.54) is 23.0 Å². The van der Waals surface area contributed by atoms with Gasteiger partial charge in [-0.1, -0.05) is 0 Å². The zero-order valence-corrected chi connectivity index (χ0v) is 13.1. The minimum Gasteiger partial charge on any atom is -0.480 e. The van der Waals surface area contributed by atoms with E-state index in [1.807, 2.05) is 0 Å². The van der Waals surface area contributed by atoms with E-state index in [4.69, 9.17) is 14.6 Å². The molecule has 0 saturated carbocycles. The molecular formula is C16H16F2N2O5. The number of carbonyl (C=O) groups is 1. The maximum atomic E-state index is 12.6. The van der Waals surface area contributed by atoms with Gasteiger partial charge in [-0.05, 0) is 30.7 Å². The SMILES string of the molecule is O=C(O)Cn1ccc(-c2ccc(OC(F)F)c(O[C@H]3CCCO3)c2)n1. The first-order chi connectivity index (χ1) is 12.0. The van der Waals surface area contributed by atoms with Crippen LogP contribution in [0, 0.1) is 0 Å². The molecule has 3 rings (SSSR count). The fourth-order valence-electron chi connectivity index (χ4n) is 2.48. The largest absolute Gasteiger partial charge is 0.480 e. The number of nitrogens with zero attached hydrogens (tertiary/aromatic N) is 2. The molecule has 1 N–H and O–H groups in total. The van der Waals surface area contributed by atoms with Gasteiger partial charge in [-0.15, -0.1) is 0 Å². The number of benzene rings is 1. The Morgan fingerprint density at radius 1 is 1.40 bits per heavy atom. The van der Waals surface area contributed by atoms with Crippen molar-refractivity contribution >= 4 is 5.97 Å². The van der Waals surface area contributed by atoms with Crippen molar-refractivity contribution in [2.75, 3.05) is 6.61 Å². The van der Waals surface area contributed by atoms with Crippen LogP contribution in [0.2, 0.25) is 0 Å². The molecule has 25 heavy (non-hydrogen) atoms.